The molecule has 1 N–H and O–H groups in total. The minimum Gasteiger partial charge on any atom is -0.351 e. The molecule has 1 aromatic carbocycles. The fraction of sp³-hybridized carbons (Fsp3) is 0.238. The molecule has 0 aliphatic carbocycles. The highest BCUT2D eigenvalue weighted by Crippen LogP contribution is 2.18. The molecular weight excluding hydrogens is 352 g/mol. The summed E-state index contributed by atoms with van der Waals surface area (Å²) < 4.78 is 3.42. The zero-order valence-corrected chi connectivity index (χ0v) is 16.0. The smallest absolute Gasteiger partial charge is 0.269 e. The van der Waals surface area contributed by atoms with Gasteiger partial charge in [-0.3, -0.25) is 9.48 Å². The molecule has 0 saturated carbocycles. The third kappa shape index (κ3) is 3.78. The summed E-state index contributed by atoms with van der Waals surface area (Å²) in [5.74, 6) is -0.117. The number of nitrogens with one attached hydrogen (secondary N) is 1. The van der Waals surface area contributed by atoms with E-state index in [-0.39, 0.29) is 5.91 Å². The van der Waals surface area contributed by atoms with Crippen LogP contribution in [-0.2, 0) is 13.5 Å². The normalized spacial score (nSPS) is 11.1. The van der Waals surface area contributed by atoms with Gasteiger partial charge < -0.3 is 5.32 Å². The summed E-state index contributed by atoms with van der Waals surface area (Å²) in [6.07, 6.45) is 5.50. The standard InChI is InChI=1S/C21H22N6O/c1-15-11-20-23-13-16(14-27(20)24-15)7-6-10-22-21(28)19-12-18(25-26(19)2)17-8-4-3-5-9-17/h3-5,8-9,11-14H,6-7,10H2,1-2H3,(H,22,28). The van der Waals surface area contributed by atoms with Crippen LogP contribution in [0.25, 0.3) is 16.9 Å². The Kier molecular flexibility index (Phi) is 4.89. The Morgan fingerprint density at radius 3 is 2.79 bits per heavy atom. The van der Waals surface area contributed by atoms with E-state index in [0.29, 0.717) is 12.2 Å². The number of aryl methyl sites for hydroxylation is 3. The van der Waals surface area contributed by atoms with Crippen molar-refractivity contribution < 1.29 is 4.79 Å². The number of amides is 1. The monoisotopic (exact) mass is 374 g/mol. The highest BCUT2D eigenvalue weighted by atomic mass is 16.2. The number of hydrogen-bond donors (Lipinski definition) is 1. The molecule has 0 atom stereocenters. The molecule has 0 spiro atoms. The Morgan fingerprint density at radius 1 is 1.14 bits per heavy atom. The number of aromatic nitrogens is 5. The van der Waals surface area contributed by atoms with Gasteiger partial charge in [-0.05, 0) is 31.4 Å². The number of carbonyl (C=O) groups is 1. The van der Waals surface area contributed by atoms with Crippen LogP contribution in [-0.4, -0.2) is 36.8 Å². The lowest BCUT2D eigenvalue weighted by molar-refractivity contribution is 0.0944. The number of nitrogens with zero attached hydrogens (tertiary/aromatic N) is 5. The van der Waals surface area contributed by atoms with Crippen LogP contribution < -0.4 is 5.32 Å². The van der Waals surface area contributed by atoms with Crippen molar-refractivity contribution in [3.05, 3.63) is 71.8 Å². The number of benzene rings is 1. The minimum absolute atomic E-state index is 0.117. The number of hydrogen-bond acceptors (Lipinski definition) is 4. The molecule has 0 aliphatic heterocycles. The topological polar surface area (TPSA) is 77.1 Å². The fourth-order valence-electron chi connectivity index (χ4n) is 3.18. The quantitative estimate of drug-likeness (QED) is 0.527. The van der Waals surface area contributed by atoms with E-state index in [9.17, 15) is 4.79 Å². The number of fused-ring (bicyclic) bond motifs is 1. The van der Waals surface area contributed by atoms with Gasteiger partial charge in [-0.2, -0.15) is 10.2 Å². The maximum absolute atomic E-state index is 12.5. The number of carbonyl (C=O) groups excluding carboxylic acids is 1. The molecule has 142 valence electrons. The molecule has 0 unspecified atom stereocenters. The lowest BCUT2D eigenvalue weighted by Crippen LogP contribution is -2.26. The molecule has 0 bridgehead atoms. The van der Waals surface area contributed by atoms with Gasteiger partial charge in [0.2, 0.25) is 0 Å². The largest absolute Gasteiger partial charge is 0.351 e. The van der Waals surface area contributed by atoms with Crippen LogP contribution >= 0.6 is 0 Å². The molecule has 1 amide bonds. The predicted molar refractivity (Wildman–Crippen MR) is 107 cm³/mol. The van der Waals surface area contributed by atoms with E-state index >= 15 is 0 Å². The third-order valence-electron chi connectivity index (χ3n) is 4.60. The molecule has 3 heterocycles. The van der Waals surface area contributed by atoms with Gasteiger partial charge in [-0.25, -0.2) is 9.50 Å². The Balaban J connectivity index is 1.33. The SMILES string of the molecule is Cc1cc2ncc(CCCNC(=O)c3cc(-c4ccccc4)nn3C)cn2n1. The van der Waals surface area contributed by atoms with Gasteiger partial charge in [-0.15, -0.1) is 0 Å². The molecule has 3 aromatic heterocycles. The average molecular weight is 374 g/mol. The Hall–Kier alpha value is -3.48. The summed E-state index contributed by atoms with van der Waals surface area (Å²) in [6.45, 7) is 2.53. The first-order valence-electron chi connectivity index (χ1n) is 9.29. The van der Waals surface area contributed by atoms with E-state index in [1.165, 1.54) is 0 Å². The van der Waals surface area contributed by atoms with Crippen LogP contribution in [0.5, 0.6) is 0 Å². The Morgan fingerprint density at radius 2 is 1.96 bits per heavy atom. The third-order valence-corrected chi connectivity index (χ3v) is 4.60. The van der Waals surface area contributed by atoms with Gasteiger partial charge in [0.1, 0.15) is 5.69 Å². The van der Waals surface area contributed by atoms with E-state index < -0.39 is 0 Å². The molecule has 0 aliphatic rings. The lowest BCUT2D eigenvalue weighted by atomic mass is 10.1. The van der Waals surface area contributed by atoms with Gasteiger partial charge in [-0.1, -0.05) is 30.3 Å². The molecular formula is C21H22N6O. The highest BCUT2D eigenvalue weighted by molar-refractivity contribution is 5.93. The first-order chi connectivity index (χ1) is 13.6. The number of rotatable bonds is 6. The summed E-state index contributed by atoms with van der Waals surface area (Å²) in [6, 6.07) is 13.6. The second-order valence-electron chi connectivity index (χ2n) is 6.81. The molecule has 7 nitrogen and oxygen atoms in total. The van der Waals surface area contributed by atoms with Crippen molar-refractivity contribution in [1.29, 1.82) is 0 Å². The van der Waals surface area contributed by atoms with Crippen LogP contribution in [0.2, 0.25) is 0 Å². The maximum atomic E-state index is 12.5. The predicted octanol–water partition coefficient (Wildman–Crippen LogP) is 2.80. The van der Waals surface area contributed by atoms with E-state index in [1.807, 2.05) is 61.8 Å². The van der Waals surface area contributed by atoms with Crippen molar-refractivity contribution in [2.45, 2.75) is 19.8 Å². The van der Waals surface area contributed by atoms with Crippen LogP contribution in [0.15, 0.2) is 54.9 Å². The van der Waals surface area contributed by atoms with Crippen molar-refractivity contribution >= 4 is 11.6 Å². The summed E-state index contributed by atoms with van der Waals surface area (Å²) in [5.41, 5.74) is 5.23. The molecule has 4 rings (SSSR count). The van der Waals surface area contributed by atoms with Gasteiger partial charge in [0.05, 0.1) is 11.4 Å². The van der Waals surface area contributed by atoms with Crippen molar-refractivity contribution in [1.82, 2.24) is 29.7 Å². The molecule has 7 heteroatoms. The van der Waals surface area contributed by atoms with Gasteiger partial charge in [0.25, 0.3) is 5.91 Å². The average Bonchev–Trinajstić information content (AvgIpc) is 3.27. The minimum atomic E-state index is -0.117. The molecule has 28 heavy (non-hydrogen) atoms. The van der Waals surface area contributed by atoms with Crippen molar-refractivity contribution in [3.63, 3.8) is 0 Å². The van der Waals surface area contributed by atoms with Crippen LogP contribution in [0, 0.1) is 6.92 Å². The second-order valence-corrected chi connectivity index (χ2v) is 6.81. The first kappa shape index (κ1) is 17.9. The first-order valence-corrected chi connectivity index (χ1v) is 9.29. The Bertz CT molecular complexity index is 1110. The Labute approximate surface area is 163 Å². The summed E-state index contributed by atoms with van der Waals surface area (Å²) in [5, 5.41) is 11.8. The van der Waals surface area contributed by atoms with Crippen molar-refractivity contribution in [3.8, 4) is 11.3 Å². The van der Waals surface area contributed by atoms with Crippen LogP contribution in [0.4, 0.5) is 0 Å². The summed E-state index contributed by atoms with van der Waals surface area (Å²) in [7, 11) is 1.79. The highest BCUT2D eigenvalue weighted by Gasteiger charge is 2.13. The zero-order chi connectivity index (χ0) is 19.5. The zero-order valence-electron chi connectivity index (χ0n) is 16.0. The summed E-state index contributed by atoms with van der Waals surface area (Å²) in [4.78, 5) is 16.9. The van der Waals surface area contributed by atoms with E-state index in [2.05, 4.69) is 20.5 Å². The van der Waals surface area contributed by atoms with Crippen LogP contribution in [0.3, 0.4) is 0 Å². The van der Waals surface area contributed by atoms with E-state index in [1.54, 1.807) is 16.2 Å². The van der Waals surface area contributed by atoms with Crippen molar-refractivity contribution in [2.75, 3.05) is 6.54 Å². The van der Waals surface area contributed by atoms with E-state index in [0.717, 1.165) is 41.0 Å². The maximum Gasteiger partial charge on any atom is 0.269 e. The molecule has 0 saturated heterocycles. The molecule has 4 aromatic rings. The molecule has 0 fully saturated rings. The van der Waals surface area contributed by atoms with Gasteiger partial charge in [0.15, 0.2) is 5.65 Å². The second kappa shape index (κ2) is 7.64. The fourth-order valence-corrected chi connectivity index (χ4v) is 3.18. The lowest BCUT2D eigenvalue weighted by Gasteiger charge is -2.05. The summed E-state index contributed by atoms with van der Waals surface area (Å²) >= 11 is 0. The van der Waals surface area contributed by atoms with Gasteiger partial charge >= 0.3 is 0 Å². The van der Waals surface area contributed by atoms with Crippen molar-refractivity contribution in [2.24, 2.45) is 7.05 Å². The van der Waals surface area contributed by atoms with Crippen LogP contribution in [0.1, 0.15) is 28.2 Å². The van der Waals surface area contributed by atoms with Gasteiger partial charge in [0, 0.05) is 37.6 Å². The molecule has 0 radical (unpaired) electrons. The van der Waals surface area contributed by atoms with E-state index in [4.69, 9.17) is 0 Å².